The van der Waals surface area contributed by atoms with Gasteiger partial charge in [0.1, 0.15) is 5.82 Å². The van der Waals surface area contributed by atoms with Crippen molar-refractivity contribution in [2.75, 3.05) is 6.54 Å². The number of amides is 2. The van der Waals surface area contributed by atoms with Crippen LogP contribution >= 0.6 is 0 Å². The lowest BCUT2D eigenvalue weighted by Gasteiger charge is -2.20. The van der Waals surface area contributed by atoms with E-state index in [1.807, 2.05) is 12.1 Å². The van der Waals surface area contributed by atoms with E-state index in [9.17, 15) is 14.0 Å². The summed E-state index contributed by atoms with van der Waals surface area (Å²) in [4.78, 5) is 24.8. The maximum Gasteiger partial charge on any atom is 0.251 e. The van der Waals surface area contributed by atoms with Gasteiger partial charge in [-0.25, -0.2) is 4.39 Å². The predicted octanol–water partition coefficient (Wildman–Crippen LogP) is 3.73. The molecule has 0 aliphatic heterocycles. The lowest BCUT2D eigenvalue weighted by atomic mass is 10.1. The predicted molar refractivity (Wildman–Crippen MR) is 102 cm³/mol. The van der Waals surface area contributed by atoms with E-state index < -0.39 is 11.9 Å². The van der Waals surface area contributed by atoms with Gasteiger partial charge in [-0.1, -0.05) is 48.5 Å². The molecule has 1 atom stereocenters. The zero-order valence-corrected chi connectivity index (χ0v) is 14.6. The highest BCUT2D eigenvalue weighted by Crippen LogP contribution is 2.15. The highest BCUT2D eigenvalue weighted by molar-refractivity contribution is 5.95. The summed E-state index contributed by atoms with van der Waals surface area (Å²) in [6, 6.07) is 22.9. The Morgan fingerprint density at radius 1 is 0.778 bits per heavy atom. The monoisotopic (exact) mass is 362 g/mol. The van der Waals surface area contributed by atoms with Crippen LogP contribution < -0.4 is 10.6 Å². The summed E-state index contributed by atoms with van der Waals surface area (Å²) in [6.45, 7) is 0.135. The number of halogens is 1. The molecule has 0 aliphatic rings. The molecule has 2 amide bonds. The van der Waals surface area contributed by atoms with Crippen LogP contribution in [0.15, 0.2) is 84.9 Å². The molecule has 1 unspecified atom stereocenters. The topological polar surface area (TPSA) is 58.2 Å². The molecule has 0 bridgehead atoms. The lowest BCUT2D eigenvalue weighted by molar-refractivity contribution is 0.0908. The first-order chi connectivity index (χ1) is 13.1. The molecule has 3 aromatic rings. The summed E-state index contributed by atoms with van der Waals surface area (Å²) in [5.41, 5.74) is 1.59. The van der Waals surface area contributed by atoms with Crippen LogP contribution in [-0.4, -0.2) is 18.4 Å². The average Bonchev–Trinajstić information content (AvgIpc) is 2.72. The molecule has 0 saturated carbocycles. The number of hydrogen-bond acceptors (Lipinski definition) is 2. The molecule has 0 aromatic heterocycles. The molecule has 0 heterocycles. The normalized spacial score (nSPS) is 11.4. The van der Waals surface area contributed by atoms with Crippen molar-refractivity contribution in [1.82, 2.24) is 10.6 Å². The van der Waals surface area contributed by atoms with E-state index in [2.05, 4.69) is 10.6 Å². The van der Waals surface area contributed by atoms with Crippen molar-refractivity contribution in [2.24, 2.45) is 0 Å². The highest BCUT2D eigenvalue weighted by atomic mass is 19.1. The van der Waals surface area contributed by atoms with Gasteiger partial charge in [0.25, 0.3) is 11.8 Å². The maximum absolute atomic E-state index is 13.7. The summed E-state index contributed by atoms with van der Waals surface area (Å²) in [5, 5.41) is 5.66. The summed E-state index contributed by atoms with van der Waals surface area (Å²) in [6.07, 6.45) is 0. The fraction of sp³-hybridized carbons (Fsp3) is 0.0909. The molecule has 0 radical (unpaired) electrons. The first-order valence-electron chi connectivity index (χ1n) is 8.58. The number of rotatable bonds is 6. The molecule has 3 aromatic carbocycles. The molecule has 27 heavy (non-hydrogen) atoms. The minimum atomic E-state index is -0.568. The molecular weight excluding hydrogens is 343 g/mol. The fourth-order valence-corrected chi connectivity index (χ4v) is 2.69. The number of carbonyl (C=O) groups is 2. The van der Waals surface area contributed by atoms with E-state index in [0.717, 1.165) is 0 Å². The minimum absolute atomic E-state index is 0.135. The highest BCUT2D eigenvalue weighted by Gasteiger charge is 2.17. The van der Waals surface area contributed by atoms with E-state index in [0.29, 0.717) is 16.7 Å². The first-order valence-corrected chi connectivity index (χ1v) is 8.58. The molecule has 0 saturated heterocycles. The molecule has 0 spiro atoms. The summed E-state index contributed by atoms with van der Waals surface area (Å²) < 4.78 is 13.7. The van der Waals surface area contributed by atoms with E-state index in [4.69, 9.17) is 0 Å². The Labute approximate surface area is 157 Å². The number of carbonyl (C=O) groups excluding carboxylic acids is 2. The van der Waals surface area contributed by atoms with Crippen LogP contribution in [0.3, 0.4) is 0 Å². The molecule has 5 heteroatoms. The van der Waals surface area contributed by atoms with Gasteiger partial charge < -0.3 is 10.6 Å². The number of benzene rings is 3. The molecule has 0 fully saturated rings. The van der Waals surface area contributed by atoms with Gasteiger partial charge in [-0.3, -0.25) is 9.59 Å². The number of hydrogen-bond donors (Lipinski definition) is 2. The first kappa shape index (κ1) is 18.3. The molecule has 136 valence electrons. The Morgan fingerprint density at radius 3 is 1.96 bits per heavy atom. The van der Waals surface area contributed by atoms with Crippen molar-refractivity contribution < 1.29 is 14.0 Å². The SMILES string of the molecule is O=C(NCC(NC(=O)c1ccccc1)c1cccc(F)c1)c1ccccc1. The van der Waals surface area contributed by atoms with Crippen LogP contribution in [0.2, 0.25) is 0 Å². The zero-order valence-electron chi connectivity index (χ0n) is 14.6. The second-order valence-electron chi connectivity index (χ2n) is 6.02. The van der Waals surface area contributed by atoms with Crippen LogP contribution in [0.4, 0.5) is 4.39 Å². The van der Waals surface area contributed by atoms with Gasteiger partial charge in [0, 0.05) is 17.7 Å². The second kappa shape index (κ2) is 8.76. The van der Waals surface area contributed by atoms with Gasteiger partial charge in [0.15, 0.2) is 0 Å². The van der Waals surface area contributed by atoms with Gasteiger partial charge in [-0.2, -0.15) is 0 Å². The van der Waals surface area contributed by atoms with Gasteiger partial charge in [0.2, 0.25) is 0 Å². The van der Waals surface area contributed by atoms with Gasteiger partial charge in [-0.15, -0.1) is 0 Å². The smallest absolute Gasteiger partial charge is 0.251 e. The van der Waals surface area contributed by atoms with Gasteiger partial charge >= 0.3 is 0 Å². The third-order valence-corrected chi connectivity index (χ3v) is 4.10. The maximum atomic E-state index is 13.7. The Bertz CT molecular complexity index is 914. The lowest BCUT2D eigenvalue weighted by Crippen LogP contribution is -2.38. The van der Waals surface area contributed by atoms with Crippen LogP contribution in [-0.2, 0) is 0 Å². The number of nitrogens with one attached hydrogen (secondary N) is 2. The van der Waals surface area contributed by atoms with Crippen molar-refractivity contribution in [3.8, 4) is 0 Å². The summed E-state index contributed by atoms with van der Waals surface area (Å²) in [5.74, 6) is -0.953. The van der Waals surface area contributed by atoms with Gasteiger partial charge in [-0.05, 0) is 42.0 Å². The van der Waals surface area contributed by atoms with Crippen LogP contribution in [0.5, 0.6) is 0 Å². The minimum Gasteiger partial charge on any atom is -0.350 e. The Morgan fingerprint density at radius 2 is 1.37 bits per heavy atom. The standard InChI is InChI=1S/C22H19FN2O2/c23-19-13-7-12-18(14-19)20(25-22(27)17-10-5-2-6-11-17)15-24-21(26)16-8-3-1-4-9-16/h1-14,20H,15H2,(H,24,26)(H,25,27). The largest absolute Gasteiger partial charge is 0.350 e. The third kappa shape index (κ3) is 5.01. The van der Waals surface area contributed by atoms with Crippen molar-refractivity contribution in [2.45, 2.75) is 6.04 Å². The Hall–Kier alpha value is -3.47. The molecular formula is C22H19FN2O2. The van der Waals surface area contributed by atoms with Crippen molar-refractivity contribution in [1.29, 1.82) is 0 Å². The van der Waals surface area contributed by atoms with Crippen molar-refractivity contribution >= 4 is 11.8 Å². The zero-order chi connectivity index (χ0) is 19.1. The van der Waals surface area contributed by atoms with Crippen molar-refractivity contribution in [3.63, 3.8) is 0 Å². The molecule has 0 aliphatic carbocycles. The van der Waals surface area contributed by atoms with E-state index in [-0.39, 0.29) is 18.4 Å². The van der Waals surface area contributed by atoms with Crippen molar-refractivity contribution in [3.05, 3.63) is 107 Å². The summed E-state index contributed by atoms with van der Waals surface area (Å²) >= 11 is 0. The summed E-state index contributed by atoms with van der Waals surface area (Å²) in [7, 11) is 0. The molecule has 2 N–H and O–H groups in total. The quantitative estimate of drug-likeness (QED) is 0.702. The van der Waals surface area contributed by atoms with Crippen LogP contribution in [0.1, 0.15) is 32.3 Å². The molecule has 3 rings (SSSR count). The third-order valence-electron chi connectivity index (χ3n) is 4.10. The average molecular weight is 362 g/mol. The Kier molecular flexibility index (Phi) is 5.94. The van der Waals surface area contributed by atoms with Crippen LogP contribution in [0, 0.1) is 5.82 Å². The fourth-order valence-electron chi connectivity index (χ4n) is 2.69. The molecule has 4 nitrogen and oxygen atoms in total. The van der Waals surface area contributed by atoms with E-state index in [1.165, 1.54) is 12.1 Å². The van der Waals surface area contributed by atoms with E-state index >= 15 is 0 Å². The van der Waals surface area contributed by atoms with E-state index in [1.54, 1.807) is 60.7 Å². The Balaban J connectivity index is 1.75. The van der Waals surface area contributed by atoms with Gasteiger partial charge in [0.05, 0.1) is 6.04 Å². The second-order valence-corrected chi connectivity index (χ2v) is 6.02. The van der Waals surface area contributed by atoms with Crippen LogP contribution in [0.25, 0.3) is 0 Å².